The second-order valence-electron chi connectivity index (χ2n) is 6.55. The Hall–Kier alpha value is -0.800. The SMILES string of the molecule is CC(CC1CCCCCN1)NC1CCCc2occc21. The van der Waals surface area contributed by atoms with Crippen LogP contribution in [-0.2, 0) is 6.42 Å². The lowest BCUT2D eigenvalue weighted by Gasteiger charge is -2.28. The van der Waals surface area contributed by atoms with Gasteiger partial charge in [-0.2, -0.15) is 0 Å². The van der Waals surface area contributed by atoms with E-state index in [4.69, 9.17) is 4.42 Å². The molecule has 1 aromatic rings. The monoisotopic (exact) mass is 276 g/mol. The summed E-state index contributed by atoms with van der Waals surface area (Å²) in [5.41, 5.74) is 1.40. The molecule has 0 aromatic carbocycles. The predicted octanol–water partition coefficient (Wildman–Crippen LogP) is 3.56. The van der Waals surface area contributed by atoms with Crippen molar-refractivity contribution >= 4 is 0 Å². The summed E-state index contributed by atoms with van der Waals surface area (Å²) < 4.78 is 5.58. The number of aryl methyl sites for hydroxylation is 1. The molecule has 0 amide bonds. The standard InChI is InChI=1S/C17H28N2O/c1-13(12-14-6-3-2-4-10-18-14)19-16-7-5-8-17-15(16)9-11-20-17/h9,11,13-14,16,18-19H,2-8,10,12H2,1H3. The van der Waals surface area contributed by atoms with Crippen molar-refractivity contribution in [2.45, 2.75) is 76.4 Å². The molecule has 1 aliphatic carbocycles. The van der Waals surface area contributed by atoms with Crippen LogP contribution in [0.3, 0.4) is 0 Å². The first-order valence-corrected chi connectivity index (χ1v) is 8.38. The Bertz CT molecular complexity index is 407. The molecular weight excluding hydrogens is 248 g/mol. The van der Waals surface area contributed by atoms with Crippen LogP contribution in [0.1, 0.15) is 69.2 Å². The number of rotatable bonds is 4. The van der Waals surface area contributed by atoms with Gasteiger partial charge in [0, 0.05) is 30.1 Å². The minimum absolute atomic E-state index is 0.498. The molecule has 0 spiro atoms. The summed E-state index contributed by atoms with van der Waals surface area (Å²) in [4.78, 5) is 0. The lowest BCUT2D eigenvalue weighted by atomic mass is 9.92. The Morgan fingerprint density at radius 3 is 3.20 bits per heavy atom. The molecule has 3 unspecified atom stereocenters. The van der Waals surface area contributed by atoms with Crippen molar-refractivity contribution in [3.63, 3.8) is 0 Å². The normalized spacial score (nSPS) is 28.6. The summed E-state index contributed by atoms with van der Waals surface area (Å²) in [5.74, 6) is 1.20. The Labute approximate surface area is 122 Å². The van der Waals surface area contributed by atoms with Crippen LogP contribution in [-0.4, -0.2) is 18.6 Å². The summed E-state index contributed by atoms with van der Waals surface area (Å²) in [6.45, 7) is 3.54. The van der Waals surface area contributed by atoms with E-state index in [1.54, 1.807) is 0 Å². The van der Waals surface area contributed by atoms with Crippen LogP contribution in [0.4, 0.5) is 0 Å². The predicted molar refractivity (Wildman–Crippen MR) is 81.9 cm³/mol. The fourth-order valence-electron chi connectivity index (χ4n) is 3.80. The molecular formula is C17H28N2O. The van der Waals surface area contributed by atoms with E-state index in [0.717, 1.165) is 6.42 Å². The van der Waals surface area contributed by atoms with Gasteiger partial charge in [0.05, 0.1) is 6.26 Å². The van der Waals surface area contributed by atoms with Gasteiger partial charge in [-0.3, -0.25) is 0 Å². The highest BCUT2D eigenvalue weighted by molar-refractivity contribution is 5.24. The maximum absolute atomic E-state index is 5.58. The third-order valence-corrected chi connectivity index (χ3v) is 4.84. The molecule has 20 heavy (non-hydrogen) atoms. The third kappa shape index (κ3) is 3.44. The highest BCUT2D eigenvalue weighted by Gasteiger charge is 2.24. The molecule has 1 aliphatic heterocycles. The minimum Gasteiger partial charge on any atom is -0.469 e. The molecule has 1 aromatic heterocycles. The smallest absolute Gasteiger partial charge is 0.108 e. The Morgan fingerprint density at radius 1 is 1.30 bits per heavy atom. The van der Waals surface area contributed by atoms with E-state index in [9.17, 15) is 0 Å². The van der Waals surface area contributed by atoms with Crippen molar-refractivity contribution in [1.29, 1.82) is 0 Å². The van der Waals surface area contributed by atoms with E-state index in [2.05, 4.69) is 23.6 Å². The molecule has 1 saturated heterocycles. The van der Waals surface area contributed by atoms with Gasteiger partial charge in [0.25, 0.3) is 0 Å². The first-order valence-electron chi connectivity index (χ1n) is 8.38. The number of furan rings is 1. The summed E-state index contributed by atoms with van der Waals surface area (Å²) in [5, 5.41) is 7.53. The Balaban J connectivity index is 1.53. The molecule has 3 nitrogen and oxygen atoms in total. The van der Waals surface area contributed by atoms with E-state index in [1.807, 2.05) is 6.26 Å². The molecule has 1 fully saturated rings. The molecule has 2 heterocycles. The summed E-state index contributed by atoms with van der Waals surface area (Å²) in [6, 6.07) is 3.92. The van der Waals surface area contributed by atoms with Gasteiger partial charge >= 0.3 is 0 Å². The lowest BCUT2D eigenvalue weighted by Crippen LogP contribution is -2.39. The summed E-state index contributed by atoms with van der Waals surface area (Å²) >= 11 is 0. The van der Waals surface area contributed by atoms with Crippen molar-refractivity contribution in [3.05, 3.63) is 23.7 Å². The maximum atomic E-state index is 5.58. The second kappa shape index (κ2) is 6.77. The van der Waals surface area contributed by atoms with E-state index < -0.39 is 0 Å². The fourth-order valence-corrected chi connectivity index (χ4v) is 3.80. The number of nitrogens with one attached hydrogen (secondary N) is 2. The van der Waals surface area contributed by atoms with Crippen molar-refractivity contribution in [2.24, 2.45) is 0 Å². The molecule has 2 N–H and O–H groups in total. The van der Waals surface area contributed by atoms with Crippen LogP contribution < -0.4 is 10.6 Å². The van der Waals surface area contributed by atoms with Gasteiger partial charge < -0.3 is 15.1 Å². The summed E-state index contributed by atoms with van der Waals surface area (Å²) in [6.07, 6.45) is 12.2. The quantitative estimate of drug-likeness (QED) is 0.883. The average molecular weight is 276 g/mol. The molecule has 3 heteroatoms. The van der Waals surface area contributed by atoms with Gasteiger partial charge in [-0.15, -0.1) is 0 Å². The number of fused-ring (bicyclic) bond motifs is 1. The number of hydrogen-bond acceptors (Lipinski definition) is 3. The molecule has 3 rings (SSSR count). The van der Waals surface area contributed by atoms with Crippen molar-refractivity contribution < 1.29 is 4.42 Å². The lowest BCUT2D eigenvalue weighted by molar-refractivity contribution is 0.342. The largest absolute Gasteiger partial charge is 0.469 e. The van der Waals surface area contributed by atoms with Gasteiger partial charge in [0.15, 0.2) is 0 Å². The van der Waals surface area contributed by atoms with Gasteiger partial charge in [-0.1, -0.05) is 12.8 Å². The second-order valence-corrected chi connectivity index (χ2v) is 6.55. The molecule has 2 aliphatic rings. The van der Waals surface area contributed by atoms with Crippen LogP contribution in [0.2, 0.25) is 0 Å². The van der Waals surface area contributed by atoms with Crippen LogP contribution in [0, 0.1) is 0 Å². The van der Waals surface area contributed by atoms with Crippen molar-refractivity contribution in [3.8, 4) is 0 Å². The Kier molecular flexibility index (Phi) is 4.79. The van der Waals surface area contributed by atoms with E-state index in [-0.39, 0.29) is 0 Å². The zero-order chi connectivity index (χ0) is 13.8. The molecule has 112 valence electrons. The zero-order valence-corrected chi connectivity index (χ0v) is 12.7. The van der Waals surface area contributed by atoms with E-state index >= 15 is 0 Å². The third-order valence-electron chi connectivity index (χ3n) is 4.84. The van der Waals surface area contributed by atoms with E-state index in [0.29, 0.717) is 18.1 Å². The van der Waals surface area contributed by atoms with E-state index in [1.165, 1.54) is 62.8 Å². The van der Waals surface area contributed by atoms with Crippen LogP contribution in [0.25, 0.3) is 0 Å². The maximum Gasteiger partial charge on any atom is 0.108 e. The van der Waals surface area contributed by atoms with Gasteiger partial charge in [-0.25, -0.2) is 0 Å². The topological polar surface area (TPSA) is 37.2 Å². The first kappa shape index (κ1) is 14.2. The molecule has 0 saturated carbocycles. The van der Waals surface area contributed by atoms with Gasteiger partial charge in [0.1, 0.15) is 5.76 Å². The van der Waals surface area contributed by atoms with Crippen LogP contribution >= 0.6 is 0 Å². The zero-order valence-electron chi connectivity index (χ0n) is 12.7. The first-order chi connectivity index (χ1) is 9.83. The molecule has 0 radical (unpaired) electrons. The minimum atomic E-state index is 0.498. The Morgan fingerprint density at radius 2 is 2.25 bits per heavy atom. The van der Waals surface area contributed by atoms with Gasteiger partial charge in [-0.05, 0) is 51.6 Å². The highest BCUT2D eigenvalue weighted by atomic mass is 16.3. The number of hydrogen-bond donors (Lipinski definition) is 2. The average Bonchev–Trinajstić information content (AvgIpc) is 2.78. The van der Waals surface area contributed by atoms with Crippen molar-refractivity contribution in [2.75, 3.05) is 6.54 Å². The summed E-state index contributed by atoms with van der Waals surface area (Å²) in [7, 11) is 0. The van der Waals surface area contributed by atoms with Crippen LogP contribution in [0.15, 0.2) is 16.7 Å². The van der Waals surface area contributed by atoms with Crippen LogP contribution in [0.5, 0.6) is 0 Å². The molecule has 3 atom stereocenters. The highest BCUT2D eigenvalue weighted by Crippen LogP contribution is 2.31. The molecule has 0 bridgehead atoms. The van der Waals surface area contributed by atoms with Crippen molar-refractivity contribution in [1.82, 2.24) is 10.6 Å². The fraction of sp³-hybridized carbons (Fsp3) is 0.765. The van der Waals surface area contributed by atoms with Gasteiger partial charge in [0.2, 0.25) is 0 Å².